The number of anilines is 3. The van der Waals surface area contributed by atoms with Crippen LogP contribution in [0.3, 0.4) is 0 Å². The first kappa shape index (κ1) is 22.0. The van der Waals surface area contributed by atoms with Crippen molar-refractivity contribution in [1.29, 1.82) is 0 Å². The molecule has 0 aliphatic heterocycles. The molecule has 2 N–H and O–H groups in total. The van der Waals surface area contributed by atoms with Gasteiger partial charge in [0.15, 0.2) is 0 Å². The summed E-state index contributed by atoms with van der Waals surface area (Å²) in [6.45, 7) is 1.53. The zero-order valence-electron chi connectivity index (χ0n) is 16.9. The molecule has 2 aromatic carbocycles. The summed E-state index contributed by atoms with van der Waals surface area (Å²) in [5.41, 5.74) is 4.00. The molecular weight excluding hydrogens is 468 g/mol. The Morgan fingerprint density at radius 1 is 1.13 bits per heavy atom. The summed E-state index contributed by atoms with van der Waals surface area (Å²) in [6.07, 6.45) is 1.54. The van der Waals surface area contributed by atoms with E-state index in [-0.39, 0.29) is 23.1 Å². The maximum atomic E-state index is 11.5. The average Bonchev–Trinajstić information content (AvgIpc) is 2.74. The molecule has 1 heterocycles. The second-order valence-electron chi connectivity index (χ2n) is 6.20. The molecule has 0 unspecified atom stereocenters. The SMILES string of the molecule is COc1ccc(Nc2nc(N/N=C\c3cc(Br)ccc3OC)nc(C)c2[N+](=O)[O-])cc1. The molecule has 0 radical (unpaired) electrons. The van der Waals surface area contributed by atoms with Crippen LogP contribution in [0.15, 0.2) is 52.0 Å². The van der Waals surface area contributed by atoms with Crippen LogP contribution in [-0.4, -0.2) is 35.3 Å². The Hall–Kier alpha value is -3.73. The van der Waals surface area contributed by atoms with Gasteiger partial charge in [-0.1, -0.05) is 15.9 Å². The van der Waals surface area contributed by atoms with E-state index < -0.39 is 4.92 Å². The molecule has 0 atom stereocenters. The Balaban J connectivity index is 1.87. The van der Waals surface area contributed by atoms with Crippen LogP contribution in [0.4, 0.5) is 23.1 Å². The van der Waals surface area contributed by atoms with Gasteiger partial charge in [0.2, 0.25) is 11.8 Å². The van der Waals surface area contributed by atoms with Gasteiger partial charge < -0.3 is 14.8 Å². The molecule has 160 valence electrons. The van der Waals surface area contributed by atoms with Crippen molar-refractivity contribution in [1.82, 2.24) is 9.97 Å². The number of ether oxygens (including phenoxy) is 2. The molecule has 0 amide bonds. The van der Waals surface area contributed by atoms with Crippen molar-refractivity contribution in [2.24, 2.45) is 5.10 Å². The van der Waals surface area contributed by atoms with Crippen LogP contribution in [0.5, 0.6) is 11.5 Å². The van der Waals surface area contributed by atoms with Gasteiger partial charge in [0.05, 0.1) is 25.4 Å². The largest absolute Gasteiger partial charge is 0.497 e. The minimum Gasteiger partial charge on any atom is -0.497 e. The van der Waals surface area contributed by atoms with Gasteiger partial charge in [-0.25, -0.2) is 10.4 Å². The highest BCUT2D eigenvalue weighted by Gasteiger charge is 2.22. The second kappa shape index (κ2) is 9.85. The van der Waals surface area contributed by atoms with Gasteiger partial charge in [0.1, 0.15) is 17.2 Å². The minimum absolute atomic E-state index is 0.0420. The highest BCUT2D eigenvalue weighted by atomic mass is 79.9. The normalized spacial score (nSPS) is 10.7. The van der Waals surface area contributed by atoms with Crippen LogP contribution >= 0.6 is 15.9 Å². The van der Waals surface area contributed by atoms with E-state index >= 15 is 0 Å². The standard InChI is InChI=1S/C20H19BrN6O4/c1-12-18(27(28)29)19(24-15-5-7-16(30-2)8-6-15)25-20(23-12)26-22-11-13-10-14(21)4-9-17(13)31-3/h4-11H,1-3H3,(H2,23,24,25,26)/b22-11-. The number of nitro groups is 1. The van der Waals surface area contributed by atoms with Crippen LogP contribution in [0, 0.1) is 17.0 Å². The second-order valence-corrected chi connectivity index (χ2v) is 7.11. The quantitative estimate of drug-likeness (QED) is 0.267. The number of halogens is 1. The molecule has 11 heteroatoms. The molecule has 0 aliphatic carbocycles. The van der Waals surface area contributed by atoms with Crippen LogP contribution in [0.1, 0.15) is 11.3 Å². The lowest BCUT2D eigenvalue weighted by atomic mass is 10.2. The van der Waals surface area contributed by atoms with Gasteiger partial charge in [0, 0.05) is 15.7 Å². The van der Waals surface area contributed by atoms with Crippen LogP contribution in [0.25, 0.3) is 0 Å². The lowest BCUT2D eigenvalue weighted by Crippen LogP contribution is -2.07. The van der Waals surface area contributed by atoms with E-state index in [4.69, 9.17) is 9.47 Å². The van der Waals surface area contributed by atoms with Crippen molar-refractivity contribution in [3.63, 3.8) is 0 Å². The Kier molecular flexibility index (Phi) is 6.98. The van der Waals surface area contributed by atoms with E-state index in [1.807, 2.05) is 12.1 Å². The maximum Gasteiger partial charge on any atom is 0.332 e. The van der Waals surface area contributed by atoms with E-state index in [9.17, 15) is 10.1 Å². The molecule has 0 saturated carbocycles. The highest BCUT2D eigenvalue weighted by Crippen LogP contribution is 2.30. The fourth-order valence-corrected chi connectivity index (χ4v) is 3.08. The van der Waals surface area contributed by atoms with Crippen molar-refractivity contribution >= 4 is 45.3 Å². The molecule has 3 rings (SSSR count). The van der Waals surface area contributed by atoms with Crippen molar-refractivity contribution in [2.45, 2.75) is 6.92 Å². The molecular formula is C20H19BrN6O4. The summed E-state index contributed by atoms with van der Waals surface area (Å²) >= 11 is 3.40. The third-order valence-corrected chi connectivity index (χ3v) is 4.65. The number of nitrogens with one attached hydrogen (secondary N) is 2. The van der Waals surface area contributed by atoms with Gasteiger partial charge in [-0.05, 0) is 49.4 Å². The van der Waals surface area contributed by atoms with E-state index in [0.29, 0.717) is 17.2 Å². The van der Waals surface area contributed by atoms with Gasteiger partial charge in [-0.3, -0.25) is 10.1 Å². The molecule has 0 aliphatic rings. The van der Waals surface area contributed by atoms with E-state index in [1.165, 1.54) is 6.92 Å². The number of nitrogens with zero attached hydrogens (tertiary/aromatic N) is 4. The number of aryl methyl sites for hydroxylation is 1. The molecule has 0 spiro atoms. The van der Waals surface area contributed by atoms with Crippen LogP contribution < -0.4 is 20.2 Å². The lowest BCUT2D eigenvalue weighted by molar-refractivity contribution is -0.385. The molecule has 0 saturated heterocycles. The zero-order valence-corrected chi connectivity index (χ0v) is 18.5. The van der Waals surface area contributed by atoms with E-state index in [0.717, 1.165) is 10.0 Å². The molecule has 0 fully saturated rings. The first-order valence-electron chi connectivity index (χ1n) is 8.98. The molecule has 10 nitrogen and oxygen atoms in total. The maximum absolute atomic E-state index is 11.5. The molecule has 31 heavy (non-hydrogen) atoms. The fourth-order valence-electron chi connectivity index (χ4n) is 2.70. The summed E-state index contributed by atoms with van der Waals surface area (Å²) in [5, 5.41) is 18.6. The third kappa shape index (κ3) is 5.45. The van der Waals surface area contributed by atoms with Crippen molar-refractivity contribution < 1.29 is 14.4 Å². The third-order valence-electron chi connectivity index (χ3n) is 4.15. The van der Waals surface area contributed by atoms with Gasteiger partial charge in [-0.2, -0.15) is 10.1 Å². The smallest absolute Gasteiger partial charge is 0.332 e. The molecule has 0 bridgehead atoms. The van der Waals surface area contributed by atoms with Gasteiger partial charge in [-0.15, -0.1) is 0 Å². The van der Waals surface area contributed by atoms with Crippen molar-refractivity contribution in [3.05, 3.63) is 68.3 Å². The van der Waals surface area contributed by atoms with Crippen LogP contribution in [0.2, 0.25) is 0 Å². The number of aromatic nitrogens is 2. The highest BCUT2D eigenvalue weighted by molar-refractivity contribution is 9.10. The van der Waals surface area contributed by atoms with Gasteiger partial charge >= 0.3 is 5.69 Å². The summed E-state index contributed by atoms with van der Waals surface area (Å²) in [5.74, 6) is 1.44. The van der Waals surface area contributed by atoms with Crippen LogP contribution in [-0.2, 0) is 0 Å². The Bertz CT molecular complexity index is 1120. The Morgan fingerprint density at radius 2 is 1.87 bits per heavy atom. The number of benzene rings is 2. The van der Waals surface area contributed by atoms with E-state index in [2.05, 4.69) is 41.7 Å². The summed E-state index contributed by atoms with van der Waals surface area (Å²) in [7, 11) is 3.12. The fraction of sp³-hybridized carbons (Fsp3) is 0.150. The van der Waals surface area contributed by atoms with Gasteiger partial charge in [0.25, 0.3) is 0 Å². The zero-order chi connectivity index (χ0) is 22.4. The number of hydrazone groups is 1. The predicted octanol–water partition coefficient (Wildman–Crippen LogP) is 4.66. The Labute approximate surface area is 186 Å². The van der Waals surface area contributed by atoms with E-state index in [1.54, 1.807) is 50.8 Å². The average molecular weight is 487 g/mol. The summed E-state index contributed by atoms with van der Waals surface area (Å²) in [4.78, 5) is 19.4. The molecule has 3 aromatic rings. The minimum atomic E-state index is -0.527. The molecule has 1 aromatic heterocycles. The topological polar surface area (TPSA) is 124 Å². The first-order valence-corrected chi connectivity index (χ1v) is 9.77. The number of hydrogen-bond donors (Lipinski definition) is 2. The lowest BCUT2D eigenvalue weighted by Gasteiger charge is -2.10. The summed E-state index contributed by atoms with van der Waals surface area (Å²) < 4.78 is 11.3. The number of methoxy groups -OCH3 is 2. The van der Waals surface area contributed by atoms with Crippen molar-refractivity contribution in [2.75, 3.05) is 25.0 Å². The first-order chi connectivity index (χ1) is 14.9. The predicted molar refractivity (Wildman–Crippen MR) is 122 cm³/mol. The number of rotatable bonds is 8. The Morgan fingerprint density at radius 3 is 2.52 bits per heavy atom. The monoisotopic (exact) mass is 486 g/mol. The number of hydrogen-bond acceptors (Lipinski definition) is 9. The van der Waals surface area contributed by atoms with Crippen molar-refractivity contribution in [3.8, 4) is 11.5 Å². The summed E-state index contributed by atoms with van der Waals surface area (Å²) in [6, 6.07) is 12.4.